The van der Waals surface area contributed by atoms with Crippen LogP contribution in [0.25, 0.3) is 0 Å². The summed E-state index contributed by atoms with van der Waals surface area (Å²) in [5.41, 5.74) is 0.436. The summed E-state index contributed by atoms with van der Waals surface area (Å²) in [6, 6.07) is 2.11. The van der Waals surface area contributed by atoms with Crippen molar-refractivity contribution < 1.29 is 4.79 Å². The van der Waals surface area contributed by atoms with E-state index in [0.717, 1.165) is 25.9 Å². The minimum absolute atomic E-state index is 0.0378. The smallest absolute Gasteiger partial charge is 0.239 e. The van der Waals surface area contributed by atoms with Gasteiger partial charge in [0.05, 0.1) is 6.07 Å². The summed E-state index contributed by atoms with van der Waals surface area (Å²) in [6.45, 7) is 8.05. The summed E-state index contributed by atoms with van der Waals surface area (Å²) in [6.07, 6.45) is 5.20. The molecule has 96 valence electrons. The maximum atomic E-state index is 12.1. The third kappa shape index (κ3) is 3.00. The third-order valence-corrected chi connectivity index (χ3v) is 4.50. The topological polar surface area (TPSA) is 44.1 Å². The summed E-state index contributed by atoms with van der Waals surface area (Å²) < 4.78 is 0. The number of piperidine rings is 1. The van der Waals surface area contributed by atoms with Gasteiger partial charge >= 0.3 is 0 Å². The Labute approximate surface area is 105 Å². The molecule has 3 heteroatoms. The van der Waals surface area contributed by atoms with E-state index in [1.54, 1.807) is 0 Å². The zero-order valence-electron chi connectivity index (χ0n) is 11.3. The van der Waals surface area contributed by atoms with Crippen LogP contribution in [0.3, 0.4) is 0 Å². The molecule has 1 unspecified atom stereocenters. The van der Waals surface area contributed by atoms with E-state index in [1.165, 1.54) is 12.8 Å². The molecule has 0 saturated carbocycles. The Morgan fingerprint density at radius 3 is 2.18 bits per heavy atom. The van der Waals surface area contributed by atoms with Gasteiger partial charge in [-0.25, -0.2) is 0 Å². The first-order valence-corrected chi connectivity index (χ1v) is 6.80. The first-order chi connectivity index (χ1) is 8.12. The fourth-order valence-corrected chi connectivity index (χ4v) is 2.70. The van der Waals surface area contributed by atoms with Gasteiger partial charge in [-0.3, -0.25) is 4.79 Å². The van der Waals surface area contributed by atoms with Crippen molar-refractivity contribution in [1.29, 1.82) is 5.26 Å². The molecule has 1 rings (SSSR count). The molecule has 17 heavy (non-hydrogen) atoms. The molecule has 0 spiro atoms. The maximum absolute atomic E-state index is 12.1. The molecule has 1 amide bonds. The lowest BCUT2D eigenvalue weighted by Gasteiger charge is -2.41. The molecule has 1 atom stereocenters. The van der Waals surface area contributed by atoms with Crippen molar-refractivity contribution in [1.82, 2.24) is 4.90 Å². The Balaban J connectivity index is 2.58. The molecule has 0 aliphatic carbocycles. The van der Waals surface area contributed by atoms with Gasteiger partial charge < -0.3 is 4.90 Å². The van der Waals surface area contributed by atoms with Gasteiger partial charge in [-0.15, -0.1) is 0 Å². The summed E-state index contributed by atoms with van der Waals surface area (Å²) in [5, 5.41) is 8.92. The van der Waals surface area contributed by atoms with Crippen molar-refractivity contribution in [3.63, 3.8) is 0 Å². The second-order valence-corrected chi connectivity index (χ2v) is 5.12. The fourth-order valence-electron chi connectivity index (χ4n) is 2.70. The second kappa shape index (κ2) is 6.05. The lowest BCUT2D eigenvalue weighted by Crippen LogP contribution is -2.44. The normalized spacial score (nSPS) is 20.7. The zero-order chi connectivity index (χ0) is 12.9. The average Bonchev–Trinajstić information content (AvgIpc) is 2.40. The number of carbonyl (C=O) groups excluding carboxylic acids is 1. The molecule has 1 heterocycles. The first kappa shape index (κ1) is 14.0. The van der Waals surface area contributed by atoms with Crippen LogP contribution in [0.5, 0.6) is 0 Å². The van der Waals surface area contributed by atoms with Gasteiger partial charge in [-0.05, 0) is 24.7 Å². The highest BCUT2D eigenvalue weighted by Gasteiger charge is 2.34. The predicted octanol–water partition coefficient (Wildman–Crippen LogP) is 2.96. The fraction of sp³-hybridized carbons (Fsp3) is 0.857. The number of carbonyl (C=O) groups is 1. The highest BCUT2D eigenvalue weighted by atomic mass is 16.2. The predicted molar refractivity (Wildman–Crippen MR) is 68.2 cm³/mol. The van der Waals surface area contributed by atoms with E-state index in [0.29, 0.717) is 11.8 Å². The van der Waals surface area contributed by atoms with Gasteiger partial charge in [0.1, 0.15) is 5.92 Å². The summed E-state index contributed by atoms with van der Waals surface area (Å²) in [5.74, 6) is -0.401. The van der Waals surface area contributed by atoms with E-state index in [2.05, 4.69) is 19.9 Å². The van der Waals surface area contributed by atoms with E-state index in [1.807, 2.05) is 11.8 Å². The molecule has 1 fully saturated rings. The lowest BCUT2D eigenvalue weighted by molar-refractivity contribution is -0.136. The standard InChI is InChI=1S/C14H24N2O/c1-4-12(11-15)13(17)16-9-7-14(5-2,6-3)8-10-16/h12H,4-10H2,1-3H3. The Bertz CT molecular complexity index is 292. The minimum atomic E-state index is -0.439. The third-order valence-electron chi connectivity index (χ3n) is 4.50. The van der Waals surface area contributed by atoms with Gasteiger partial charge in [0.25, 0.3) is 0 Å². The highest BCUT2D eigenvalue weighted by Crippen LogP contribution is 2.38. The number of likely N-dealkylation sites (tertiary alicyclic amines) is 1. The maximum Gasteiger partial charge on any atom is 0.239 e. The summed E-state index contributed by atoms with van der Waals surface area (Å²) in [4.78, 5) is 13.9. The largest absolute Gasteiger partial charge is 0.342 e. The Kier molecular flexibility index (Phi) is 4.99. The Hall–Kier alpha value is -1.04. The molecule has 0 N–H and O–H groups in total. The van der Waals surface area contributed by atoms with Crippen LogP contribution in [0.2, 0.25) is 0 Å². The van der Waals surface area contributed by atoms with E-state index in [9.17, 15) is 4.79 Å². The average molecular weight is 236 g/mol. The van der Waals surface area contributed by atoms with Crippen LogP contribution < -0.4 is 0 Å². The molecular formula is C14H24N2O. The molecule has 0 aromatic heterocycles. The summed E-state index contributed by atoms with van der Waals surface area (Å²) >= 11 is 0. The molecule has 0 bridgehead atoms. The number of hydrogen-bond acceptors (Lipinski definition) is 2. The zero-order valence-corrected chi connectivity index (χ0v) is 11.3. The number of rotatable bonds is 4. The lowest BCUT2D eigenvalue weighted by atomic mass is 9.74. The van der Waals surface area contributed by atoms with Crippen LogP contribution in [0, 0.1) is 22.7 Å². The van der Waals surface area contributed by atoms with Crippen molar-refractivity contribution in [3.05, 3.63) is 0 Å². The molecule has 3 nitrogen and oxygen atoms in total. The van der Waals surface area contributed by atoms with Crippen molar-refractivity contribution in [3.8, 4) is 6.07 Å². The highest BCUT2D eigenvalue weighted by molar-refractivity contribution is 5.81. The molecule has 0 aromatic rings. The molecule has 1 aliphatic heterocycles. The van der Waals surface area contributed by atoms with Crippen molar-refractivity contribution in [2.24, 2.45) is 11.3 Å². The van der Waals surface area contributed by atoms with Crippen LogP contribution in [0.15, 0.2) is 0 Å². The quantitative estimate of drug-likeness (QED) is 0.753. The number of hydrogen-bond donors (Lipinski definition) is 0. The SMILES string of the molecule is CCC(C#N)C(=O)N1CCC(CC)(CC)CC1. The summed E-state index contributed by atoms with van der Waals surface area (Å²) in [7, 11) is 0. The van der Waals surface area contributed by atoms with Crippen LogP contribution in [0.1, 0.15) is 52.9 Å². The van der Waals surface area contributed by atoms with Crippen molar-refractivity contribution in [2.45, 2.75) is 52.9 Å². The van der Waals surface area contributed by atoms with Gasteiger partial charge in [-0.2, -0.15) is 5.26 Å². The minimum Gasteiger partial charge on any atom is -0.342 e. The molecule has 1 aliphatic rings. The van der Waals surface area contributed by atoms with Crippen molar-refractivity contribution >= 4 is 5.91 Å². The monoisotopic (exact) mass is 236 g/mol. The number of nitrogens with zero attached hydrogens (tertiary/aromatic N) is 2. The van der Waals surface area contributed by atoms with Crippen LogP contribution in [0.4, 0.5) is 0 Å². The molecular weight excluding hydrogens is 212 g/mol. The van der Waals surface area contributed by atoms with Gasteiger partial charge in [0.15, 0.2) is 0 Å². The van der Waals surface area contributed by atoms with Crippen LogP contribution >= 0.6 is 0 Å². The molecule has 0 aromatic carbocycles. The van der Waals surface area contributed by atoms with E-state index in [-0.39, 0.29) is 5.91 Å². The molecule has 1 saturated heterocycles. The van der Waals surface area contributed by atoms with Gasteiger partial charge in [-0.1, -0.05) is 33.6 Å². The Morgan fingerprint density at radius 1 is 1.29 bits per heavy atom. The van der Waals surface area contributed by atoms with E-state index < -0.39 is 5.92 Å². The van der Waals surface area contributed by atoms with E-state index in [4.69, 9.17) is 5.26 Å². The first-order valence-electron chi connectivity index (χ1n) is 6.80. The van der Waals surface area contributed by atoms with E-state index >= 15 is 0 Å². The van der Waals surface area contributed by atoms with Gasteiger partial charge in [0, 0.05) is 13.1 Å². The number of nitriles is 1. The van der Waals surface area contributed by atoms with Crippen LogP contribution in [-0.4, -0.2) is 23.9 Å². The van der Waals surface area contributed by atoms with Crippen LogP contribution in [-0.2, 0) is 4.79 Å². The Morgan fingerprint density at radius 2 is 1.82 bits per heavy atom. The number of amides is 1. The van der Waals surface area contributed by atoms with Crippen molar-refractivity contribution in [2.75, 3.05) is 13.1 Å². The van der Waals surface area contributed by atoms with Gasteiger partial charge in [0.2, 0.25) is 5.91 Å². The molecule has 0 radical (unpaired) electrons. The second-order valence-electron chi connectivity index (χ2n) is 5.12.